The van der Waals surface area contributed by atoms with Crippen molar-refractivity contribution in [3.8, 4) is 5.75 Å². The molecule has 0 saturated carbocycles. The first kappa shape index (κ1) is 8.85. The van der Waals surface area contributed by atoms with Gasteiger partial charge in [-0.3, -0.25) is 0 Å². The van der Waals surface area contributed by atoms with E-state index in [1.54, 1.807) is 12.1 Å². The van der Waals surface area contributed by atoms with Crippen molar-refractivity contribution >= 4 is 38.3 Å². The van der Waals surface area contributed by atoms with Gasteiger partial charge in [0.05, 0.1) is 0 Å². The molecule has 3 heteroatoms. The number of aromatic hydroxyl groups is 1. The summed E-state index contributed by atoms with van der Waals surface area (Å²) in [6.45, 7) is 0. The number of phenolic OH excluding ortho intramolecular Hbond substituents is 1. The third-order valence-electron chi connectivity index (χ3n) is 1.86. The van der Waals surface area contributed by atoms with Crippen LogP contribution in [0, 0.1) is 0 Å². The number of hydrogen-bond donors (Lipinski definition) is 1. The van der Waals surface area contributed by atoms with Crippen molar-refractivity contribution in [1.29, 1.82) is 0 Å². The highest BCUT2D eigenvalue weighted by molar-refractivity contribution is 9.10. The Kier molecular flexibility index (Phi) is 2.18. The Balaban J connectivity index is 2.94. The molecule has 0 fully saturated rings. The zero-order valence-electron chi connectivity index (χ0n) is 6.59. The molecular weight excluding hydrogens is 251 g/mol. The largest absolute Gasteiger partial charge is 0.508 e. The fourth-order valence-corrected chi connectivity index (χ4v) is 2.39. The first-order chi connectivity index (χ1) is 6.18. The van der Waals surface area contributed by atoms with Gasteiger partial charge in [0.15, 0.2) is 0 Å². The van der Waals surface area contributed by atoms with E-state index in [2.05, 4.69) is 15.9 Å². The number of phenols is 1. The summed E-state index contributed by atoms with van der Waals surface area (Å²) in [6.07, 6.45) is 0. The maximum Gasteiger partial charge on any atom is 0.117 e. The summed E-state index contributed by atoms with van der Waals surface area (Å²) in [5.74, 6) is 0.238. The van der Waals surface area contributed by atoms with Gasteiger partial charge in [-0.15, -0.1) is 0 Å². The lowest BCUT2D eigenvalue weighted by Gasteiger charge is -2.03. The third-order valence-corrected chi connectivity index (χ3v) is 2.80. The van der Waals surface area contributed by atoms with Crippen molar-refractivity contribution in [2.75, 3.05) is 0 Å². The summed E-state index contributed by atoms with van der Waals surface area (Å²) in [4.78, 5) is 0. The smallest absolute Gasteiger partial charge is 0.117 e. The predicted molar refractivity (Wildman–Crippen MR) is 58.3 cm³/mol. The quantitative estimate of drug-likeness (QED) is 0.757. The maximum absolute atomic E-state index is 9.33. The molecule has 0 bridgehead atoms. The van der Waals surface area contributed by atoms with Crippen molar-refractivity contribution in [2.45, 2.75) is 0 Å². The summed E-state index contributed by atoms with van der Waals surface area (Å²) >= 11 is 9.36. The number of benzene rings is 2. The van der Waals surface area contributed by atoms with Gasteiger partial charge >= 0.3 is 0 Å². The van der Waals surface area contributed by atoms with Gasteiger partial charge in [0.25, 0.3) is 0 Å². The topological polar surface area (TPSA) is 20.2 Å². The molecule has 0 unspecified atom stereocenters. The Morgan fingerprint density at radius 3 is 2.77 bits per heavy atom. The molecule has 66 valence electrons. The summed E-state index contributed by atoms with van der Waals surface area (Å²) in [6, 6.07) is 8.91. The van der Waals surface area contributed by atoms with Crippen molar-refractivity contribution in [1.82, 2.24) is 0 Å². The zero-order valence-corrected chi connectivity index (χ0v) is 8.93. The van der Waals surface area contributed by atoms with E-state index in [-0.39, 0.29) is 5.75 Å². The van der Waals surface area contributed by atoms with Crippen LogP contribution in [0.15, 0.2) is 34.8 Å². The lowest BCUT2D eigenvalue weighted by Crippen LogP contribution is -1.76. The van der Waals surface area contributed by atoms with Crippen LogP contribution in [0.2, 0.25) is 5.02 Å². The van der Waals surface area contributed by atoms with Crippen LogP contribution in [0.1, 0.15) is 0 Å². The van der Waals surface area contributed by atoms with E-state index in [0.29, 0.717) is 5.02 Å². The second-order valence-corrected chi connectivity index (χ2v) is 4.03. The van der Waals surface area contributed by atoms with E-state index in [4.69, 9.17) is 11.6 Å². The molecule has 0 aliphatic heterocycles. The first-order valence-electron chi connectivity index (χ1n) is 3.75. The molecule has 2 rings (SSSR count). The molecule has 0 aliphatic rings. The molecule has 0 atom stereocenters. The van der Waals surface area contributed by atoms with Crippen LogP contribution < -0.4 is 0 Å². The van der Waals surface area contributed by atoms with Crippen LogP contribution >= 0.6 is 27.5 Å². The predicted octanol–water partition coefficient (Wildman–Crippen LogP) is 3.96. The van der Waals surface area contributed by atoms with Crippen LogP contribution in [0.3, 0.4) is 0 Å². The normalized spacial score (nSPS) is 10.6. The van der Waals surface area contributed by atoms with Gasteiger partial charge in [-0.25, -0.2) is 0 Å². The second kappa shape index (κ2) is 3.20. The van der Waals surface area contributed by atoms with Gasteiger partial charge < -0.3 is 5.11 Å². The highest BCUT2D eigenvalue weighted by Crippen LogP contribution is 2.33. The maximum atomic E-state index is 9.33. The van der Waals surface area contributed by atoms with E-state index in [0.717, 1.165) is 15.2 Å². The molecular formula is C10H6BrClO. The van der Waals surface area contributed by atoms with E-state index < -0.39 is 0 Å². The molecule has 1 N–H and O–H groups in total. The first-order valence-corrected chi connectivity index (χ1v) is 4.92. The van der Waals surface area contributed by atoms with Crippen LogP contribution in [-0.2, 0) is 0 Å². The SMILES string of the molecule is Oc1cc(Br)c2c(Cl)cccc2c1. The number of rotatable bonds is 0. The average Bonchev–Trinajstić information content (AvgIpc) is 2.02. The molecule has 0 aliphatic carbocycles. The van der Waals surface area contributed by atoms with E-state index in [9.17, 15) is 5.11 Å². The van der Waals surface area contributed by atoms with E-state index >= 15 is 0 Å². The van der Waals surface area contributed by atoms with E-state index in [1.807, 2.05) is 18.2 Å². The molecule has 0 spiro atoms. The highest BCUT2D eigenvalue weighted by Gasteiger charge is 2.04. The van der Waals surface area contributed by atoms with Crippen LogP contribution in [0.4, 0.5) is 0 Å². The summed E-state index contributed by atoms with van der Waals surface area (Å²) in [5, 5.41) is 11.9. The molecule has 1 nitrogen and oxygen atoms in total. The molecule has 2 aromatic rings. The van der Waals surface area contributed by atoms with Crippen LogP contribution in [0.5, 0.6) is 5.75 Å². The molecule has 0 amide bonds. The zero-order chi connectivity index (χ0) is 9.42. The van der Waals surface area contributed by atoms with Crippen molar-refractivity contribution in [3.63, 3.8) is 0 Å². The summed E-state index contributed by atoms with van der Waals surface area (Å²) < 4.78 is 0.813. The molecule has 0 radical (unpaired) electrons. The molecule has 13 heavy (non-hydrogen) atoms. The Bertz CT molecular complexity index is 468. The monoisotopic (exact) mass is 256 g/mol. The minimum absolute atomic E-state index is 0.238. The summed E-state index contributed by atoms with van der Waals surface area (Å²) in [7, 11) is 0. The minimum atomic E-state index is 0.238. The highest BCUT2D eigenvalue weighted by atomic mass is 79.9. The lowest BCUT2D eigenvalue weighted by atomic mass is 10.1. The van der Waals surface area contributed by atoms with Gasteiger partial charge in [0.2, 0.25) is 0 Å². The third kappa shape index (κ3) is 1.52. The number of fused-ring (bicyclic) bond motifs is 1. The lowest BCUT2D eigenvalue weighted by molar-refractivity contribution is 0.476. The molecule has 2 aromatic carbocycles. The molecule has 0 aromatic heterocycles. The van der Waals surface area contributed by atoms with Gasteiger partial charge in [-0.05, 0) is 39.5 Å². The molecule has 0 heterocycles. The fraction of sp³-hybridized carbons (Fsp3) is 0. The summed E-state index contributed by atoms with van der Waals surface area (Å²) in [5.41, 5.74) is 0. The van der Waals surface area contributed by atoms with Crippen molar-refractivity contribution < 1.29 is 5.11 Å². The van der Waals surface area contributed by atoms with Crippen molar-refractivity contribution in [2.24, 2.45) is 0 Å². The van der Waals surface area contributed by atoms with Gasteiger partial charge in [0.1, 0.15) is 5.75 Å². The number of hydrogen-bond acceptors (Lipinski definition) is 1. The standard InChI is InChI=1S/C10H6BrClO/c11-8-5-7(13)4-6-2-1-3-9(12)10(6)8/h1-5,13H. The molecule has 0 saturated heterocycles. The fourth-order valence-electron chi connectivity index (χ4n) is 1.32. The van der Waals surface area contributed by atoms with Crippen LogP contribution in [-0.4, -0.2) is 5.11 Å². The van der Waals surface area contributed by atoms with Gasteiger partial charge in [-0.1, -0.05) is 23.7 Å². The second-order valence-electron chi connectivity index (χ2n) is 2.77. The Morgan fingerprint density at radius 2 is 2.00 bits per heavy atom. The Labute approximate surface area is 89.1 Å². The van der Waals surface area contributed by atoms with Crippen LogP contribution in [0.25, 0.3) is 10.8 Å². The van der Waals surface area contributed by atoms with Gasteiger partial charge in [-0.2, -0.15) is 0 Å². The number of halogens is 2. The Morgan fingerprint density at radius 1 is 1.23 bits per heavy atom. The van der Waals surface area contributed by atoms with Gasteiger partial charge in [0, 0.05) is 14.9 Å². The average molecular weight is 258 g/mol. The minimum Gasteiger partial charge on any atom is -0.508 e. The van der Waals surface area contributed by atoms with E-state index in [1.165, 1.54) is 0 Å². The van der Waals surface area contributed by atoms with Crippen molar-refractivity contribution in [3.05, 3.63) is 39.8 Å². The Hall–Kier alpha value is -0.730.